The zero-order chi connectivity index (χ0) is 20.1. The Bertz CT molecular complexity index is 1000. The van der Waals surface area contributed by atoms with E-state index in [4.69, 9.17) is 0 Å². The van der Waals surface area contributed by atoms with Gasteiger partial charge in [-0.2, -0.15) is 0 Å². The zero-order valence-electron chi connectivity index (χ0n) is 15.2. The zero-order valence-corrected chi connectivity index (χ0v) is 16.8. The third-order valence-electron chi connectivity index (χ3n) is 5.19. The van der Waals surface area contributed by atoms with Crippen LogP contribution in [0.5, 0.6) is 0 Å². The summed E-state index contributed by atoms with van der Waals surface area (Å²) < 4.78 is 53.2. The van der Waals surface area contributed by atoms with E-state index < -0.39 is 21.7 Å². The molecule has 1 aromatic carbocycles. The molecule has 4 rings (SSSR count). The Morgan fingerprint density at radius 3 is 2.61 bits per heavy atom. The van der Waals surface area contributed by atoms with Gasteiger partial charge in [0.2, 0.25) is 15.9 Å². The van der Waals surface area contributed by atoms with Crippen molar-refractivity contribution in [1.82, 2.24) is 9.62 Å². The van der Waals surface area contributed by atoms with Gasteiger partial charge in [-0.15, -0.1) is 11.3 Å². The summed E-state index contributed by atoms with van der Waals surface area (Å²) in [4.78, 5) is 15.9. The van der Waals surface area contributed by atoms with E-state index in [9.17, 15) is 22.0 Å². The number of benzene rings is 1. The first-order valence-electron chi connectivity index (χ1n) is 9.03. The molecule has 150 valence electrons. The number of rotatable bonds is 5. The highest BCUT2D eigenvalue weighted by Crippen LogP contribution is 2.52. The van der Waals surface area contributed by atoms with Crippen LogP contribution in [0.15, 0.2) is 30.3 Å². The van der Waals surface area contributed by atoms with Gasteiger partial charge < -0.3 is 4.90 Å². The Hall–Kier alpha value is -1.84. The molecule has 2 aromatic rings. The lowest BCUT2D eigenvalue weighted by Gasteiger charge is -2.16. The van der Waals surface area contributed by atoms with E-state index in [1.54, 1.807) is 11.0 Å². The Balaban J connectivity index is 1.41. The van der Waals surface area contributed by atoms with E-state index in [-0.39, 0.29) is 29.3 Å². The largest absolute Gasteiger partial charge is 0.341 e. The van der Waals surface area contributed by atoms with Gasteiger partial charge in [-0.05, 0) is 37.1 Å². The highest BCUT2D eigenvalue weighted by atomic mass is 32.2. The summed E-state index contributed by atoms with van der Waals surface area (Å²) in [6.07, 6.45) is 2.42. The van der Waals surface area contributed by atoms with E-state index >= 15 is 0 Å². The van der Waals surface area contributed by atoms with Crippen LogP contribution < -0.4 is 4.72 Å². The van der Waals surface area contributed by atoms with E-state index in [1.165, 1.54) is 29.5 Å². The molecule has 9 heteroatoms. The number of nitrogens with one attached hydrogen (secondary N) is 1. The monoisotopic (exact) mass is 426 g/mol. The third-order valence-corrected chi connectivity index (χ3v) is 7.19. The molecular weight excluding hydrogens is 406 g/mol. The van der Waals surface area contributed by atoms with Crippen molar-refractivity contribution in [3.63, 3.8) is 0 Å². The summed E-state index contributed by atoms with van der Waals surface area (Å²) in [5, 5.41) is 0. The lowest BCUT2D eigenvalue weighted by Crippen LogP contribution is -2.38. The number of hydrogen-bond donors (Lipinski definition) is 1. The minimum Gasteiger partial charge on any atom is -0.341 e. The number of nitrogens with zero attached hydrogens (tertiary/aromatic N) is 1. The molecule has 0 unspecified atom stereocenters. The molecule has 1 N–H and O–H groups in total. The number of sulfonamides is 1. The second-order valence-corrected chi connectivity index (χ2v) is 10.3. The Morgan fingerprint density at radius 1 is 1.21 bits per heavy atom. The van der Waals surface area contributed by atoms with E-state index in [0.717, 1.165) is 11.1 Å². The van der Waals surface area contributed by atoms with E-state index in [1.807, 2.05) is 6.07 Å². The van der Waals surface area contributed by atoms with Crippen molar-refractivity contribution in [2.75, 3.05) is 19.3 Å². The van der Waals surface area contributed by atoms with Crippen LogP contribution in [0.2, 0.25) is 0 Å². The van der Waals surface area contributed by atoms with Crippen LogP contribution in [0.25, 0.3) is 10.4 Å². The first-order chi connectivity index (χ1) is 13.2. The number of likely N-dealkylation sites (tertiary alicyclic amines) is 1. The minimum absolute atomic E-state index is 0.0230. The number of thiophene rings is 1. The molecular formula is C19H20F2N2O3S2. The van der Waals surface area contributed by atoms with Crippen LogP contribution >= 0.6 is 11.3 Å². The maximum absolute atomic E-state index is 14.0. The summed E-state index contributed by atoms with van der Waals surface area (Å²) in [7, 11) is -3.29. The normalized spacial score (nSPS) is 24.5. The lowest BCUT2D eigenvalue weighted by atomic mass is 10.1. The van der Waals surface area contributed by atoms with Crippen LogP contribution in [-0.2, 0) is 14.8 Å². The van der Waals surface area contributed by atoms with Crippen molar-refractivity contribution in [2.24, 2.45) is 5.92 Å². The summed E-state index contributed by atoms with van der Waals surface area (Å²) >= 11 is 1.31. The number of carbonyl (C=O) groups excluding carboxylic acids is 1. The van der Waals surface area contributed by atoms with Gasteiger partial charge in [-0.25, -0.2) is 21.9 Å². The van der Waals surface area contributed by atoms with Crippen LogP contribution in [0.4, 0.5) is 8.78 Å². The molecule has 5 nitrogen and oxygen atoms in total. The van der Waals surface area contributed by atoms with Crippen molar-refractivity contribution in [2.45, 2.75) is 24.8 Å². The number of carbonyl (C=O) groups is 1. The second kappa shape index (κ2) is 7.20. The summed E-state index contributed by atoms with van der Waals surface area (Å²) in [6, 6.07) is 7.09. The van der Waals surface area contributed by atoms with Gasteiger partial charge in [0.1, 0.15) is 11.6 Å². The van der Waals surface area contributed by atoms with Crippen LogP contribution in [0.3, 0.4) is 0 Å². The number of amides is 1. The molecule has 28 heavy (non-hydrogen) atoms. The molecule has 1 amide bonds. The molecule has 2 fully saturated rings. The van der Waals surface area contributed by atoms with Crippen molar-refractivity contribution < 1.29 is 22.0 Å². The average Bonchev–Trinajstić information content (AvgIpc) is 3.02. The number of hydrogen-bond acceptors (Lipinski definition) is 4. The highest BCUT2D eigenvalue weighted by Gasteiger charge is 2.47. The molecule has 0 spiro atoms. The quantitative estimate of drug-likeness (QED) is 0.800. The maximum Gasteiger partial charge on any atom is 0.226 e. The smallest absolute Gasteiger partial charge is 0.226 e. The standard InChI is InChI=1S/C19H20F2N2O3S2/c1-28(25,26)22-11-7-8-23(10-11)19(24)13-9-12(13)16-5-6-17(27-16)18-14(20)3-2-4-15(18)21/h2-6,11-13,22H,7-10H2,1H3/t11-,12+,13+/m0/s1. The predicted molar refractivity (Wildman–Crippen MR) is 103 cm³/mol. The van der Waals surface area contributed by atoms with Crippen molar-refractivity contribution in [3.8, 4) is 10.4 Å². The van der Waals surface area contributed by atoms with Crippen molar-refractivity contribution >= 4 is 27.3 Å². The van der Waals surface area contributed by atoms with Crippen molar-refractivity contribution in [3.05, 3.63) is 46.8 Å². The molecule has 1 saturated carbocycles. The second-order valence-electron chi connectivity index (χ2n) is 7.41. The number of halogens is 2. The Kier molecular flexibility index (Phi) is 5.01. The first kappa shape index (κ1) is 19.5. The molecule has 1 aromatic heterocycles. The topological polar surface area (TPSA) is 66.5 Å². The molecule has 1 aliphatic carbocycles. The van der Waals surface area contributed by atoms with Gasteiger partial charge in [-0.1, -0.05) is 6.07 Å². The first-order valence-corrected chi connectivity index (χ1v) is 11.7. The average molecular weight is 427 g/mol. The molecule has 1 saturated heterocycles. The fraction of sp³-hybridized carbons (Fsp3) is 0.421. The highest BCUT2D eigenvalue weighted by molar-refractivity contribution is 7.88. The van der Waals surface area contributed by atoms with Crippen LogP contribution in [0, 0.1) is 17.6 Å². The maximum atomic E-state index is 14.0. The summed E-state index contributed by atoms with van der Waals surface area (Å²) in [5.41, 5.74) is -0.0310. The van der Waals surface area contributed by atoms with Crippen molar-refractivity contribution in [1.29, 1.82) is 0 Å². The van der Waals surface area contributed by atoms with Crippen LogP contribution in [-0.4, -0.2) is 44.6 Å². The van der Waals surface area contributed by atoms with Gasteiger partial charge in [-0.3, -0.25) is 4.79 Å². The molecule has 2 aliphatic rings. The van der Waals surface area contributed by atoms with E-state index in [0.29, 0.717) is 30.8 Å². The minimum atomic E-state index is -3.29. The molecule has 1 aliphatic heterocycles. The Labute approximate surface area is 166 Å². The Morgan fingerprint density at radius 2 is 1.93 bits per heavy atom. The SMILES string of the molecule is CS(=O)(=O)N[C@H]1CCN(C(=O)[C@@H]2C[C@H]2c2ccc(-c3c(F)cccc3F)s2)C1. The third kappa shape index (κ3) is 3.97. The van der Waals surface area contributed by atoms with E-state index in [2.05, 4.69) is 4.72 Å². The van der Waals surface area contributed by atoms with Crippen LogP contribution in [0.1, 0.15) is 23.6 Å². The van der Waals surface area contributed by atoms with Gasteiger partial charge in [0.25, 0.3) is 0 Å². The fourth-order valence-electron chi connectivity index (χ4n) is 3.80. The lowest BCUT2D eigenvalue weighted by molar-refractivity contribution is -0.131. The van der Waals surface area contributed by atoms with Gasteiger partial charge in [0.15, 0.2) is 0 Å². The predicted octanol–water partition coefficient (Wildman–Crippen LogP) is 2.95. The van der Waals surface area contributed by atoms with Gasteiger partial charge >= 0.3 is 0 Å². The van der Waals surface area contributed by atoms with Gasteiger partial charge in [0.05, 0.1) is 11.8 Å². The molecule has 0 bridgehead atoms. The summed E-state index contributed by atoms with van der Waals surface area (Å²) in [6.45, 7) is 0.913. The fourth-order valence-corrected chi connectivity index (χ4v) is 5.83. The molecule has 2 heterocycles. The molecule has 0 radical (unpaired) electrons. The summed E-state index contributed by atoms with van der Waals surface area (Å²) in [5.74, 6) is -1.26. The van der Waals surface area contributed by atoms with Gasteiger partial charge in [0, 0.05) is 40.7 Å². The molecule has 3 atom stereocenters.